The van der Waals surface area contributed by atoms with Crippen molar-refractivity contribution in [3.05, 3.63) is 35.1 Å². The van der Waals surface area contributed by atoms with Crippen molar-refractivity contribution in [1.29, 1.82) is 0 Å². The highest BCUT2D eigenvalue weighted by Gasteiger charge is 2.20. The number of hydrogen-bond donors (Lipinski definition) is 1. The van der Waals surface area contributed by atoms with Gasteiger partial charge in [-0.3, -0.25) is 4.79 Å². The standard InChI is InChI=1S/C15H19ClFNO/c1-10-7-12(5-6-14(10)17)15(19)18-9-11-3-2-4-13(16)8-11/h5-7,11,13H,2-4,8-9H2,1H3,(H,18,19). The van der Waals surface area contributed by atoms with E-state index in [4.69, 9.17) is 11.6 Å². The fraction of sp³-hybridized carbons (Fsp3) is 0.533. The molecule has 1 amide bonds. The summed E-state index contributed by atoms with van der Waals surface area (Å²) in [6.07, 6.45) is 4.28. The quantitative estimate of drug-likeness (QED) is 0.843. The van der Waals surface area contributed by atoms with Gasteiger partial charge >= 0.3 is 0 Å². The minimum absolute atomic E-state index is 0.139. The minimum Gasteiger partial charge on any atom is -0.352 e. The molecule has 0 aliphatic heterocycles. The highest BCUT2D eigenvalue weighted by Crippen LogP contribution is 2.27. The maximum atomic E-state index is 13.1. The molecule has 0 aromatic heterocycles. The summed E-state index contributed by atoms with van der Waals surface area (Å²) in [7, 11) is 0. The van der Waals surface area contributed by atoms with E-state index < -0.39 is 0 Å². The molecule has 0 bridgehead atoms. The Kier molecular flexibility index (Phi) is 4.81. The van der Waals surface area contributed by atoms with Crippen molar-refractivity contribution in [2.24, 2.45) is 5.92 Å². The molecule has 0 heterocycles. The van der Waals surface area contributed by atoms with Gasteiger partial charge in [-0.1, -0.05) is 6.42 Å². The second-order valence-corrected chi connectivity index (χ2v) is 5.92. The lowest BCUT2D eigenvalue weighted by Crippen LogP contribution is -2.32. The van der Waals surface area contributed by atoms with Crippen molar-refractivity contribution in [3.63, 3.8) is 0 Å². The van der Waals surface area contributed by atoms with Crippen molar-refractivity contribution >= 4 is 17.5 Å². The van der Waals surface area contributed by atoms with E-state index in [0.717, 1.165) is 25.7 Å². The number of rotatable bonds is 3. The molecular weight excluding hydrogens is 265 g/mol. The fourth-order valence-electron chi connectivity index (χ4n) is 2.54. The van der Waals surface area contributed by atoms with Crippen molar-refractivity contribution in [3.8, 4) is 0 Å². The first kappa shape index (κ1) is 14.3. The Bertz CT molecular complexity index is 463. The van der Waals surface area contributed by atoms with E-state index in [1.54, 1.807) is 13.0 Å². The van der Waals surface area contributed by atoms with Gasteiger partial charge < -0.3 is 5.32 Å². The van der Waals surface area contributed by atoms with Crippen LogP contribution in [0.15, 0.2) is 18.2 Å². The third kappa shape index (κ3) is 3.93. The maximum absolute atomic E-state index is 13.1. The Labute approximate surface area is 118 Å². The van der Waals surface area contributed by atoms with Crippen LogP contribution in [-0.4, -0.2) is 17.8 Å². The lowest BCUT2D eigenvalue weighted by Gasteiger charge is -2.25. The third-order valence-electron chi connectivity index (χ3n) is 3.69. The summed E-state index contributed by atoms with van der Waals surface area (Å²) in [5.41, 5.74) is 1.00. The number of benzene rings is 1. The van der Waals surface area contributed by atoms with Gasteiger partial charge in [0, 0.05) is 17.5 Å². The minimum atomic E-state index is -0.284. The van der Waals surface area contributed by atoms with Crippen molar-refractivity contribution in [2.45, 2.75) is 38.0 Å². The van der Waals surface area contributed by atoms with Gasteiger partial charge in [0.05, 0.1) is 0 Å². The van der Waals surface area contributed by atoms with E-state index in [9.17, 15) is 9.18 Å². The van der Waals surface area contributed by atoms with Gasteiger partial charge in [0.15, 0.2) is 0 Å². The number of hydrogen-bond acceptors (Lipinski definition) is 1. The van der Waals surface area contributed by atoms with Crippen molar-refractivity contribution < 1.29 is 9.18 Å². The molecule has 104 valence electrons. The summed E-state index contributed by atoms with van der Waals surface area (Å²) < 4.78 is 13.1. The van der Waals surface area contributed by atoms with Crippen LogP contribution in [0.3, 0.4) is 0 Å². The van der Waals surface area contributed by atoms with Gasteiger partial charge in [0.25, 0.3) is 5.91 Å². The molecule has 2 nitrogen and oxygen atoms in total. The van der Waals surface area contributed by atoms with E-state index in [1.165, 1.54) is 12.1 Å². The zero-order valence-electron chi connectivity index (χ0n) is 11.1. The summed E-state index contributed by atoms with van der Waals surface area (Å²) in [4.78, 5) is 12.0. The molecule has 0 saturated heterocycles. The molecule has 1 aliphatic carbocycles. The number of carbonyl (C=O) groups is 1. The second kappa shape index (κ2) is 6.38. The van der Waals surface area contributed by atoms with Gasteiger partial charge in [-0.25, -0.2) is 4.39 Å². The third-order valence-corrected chi connectivity index (χ3v) is 4.09. The molecule has 2 unspecified atom stereocenters. The molecule has 19 heavy (non-hydrogen) atoms. The van der Waals surface area contributed by atoms with Crippen LogP contribution in [0.5, 0.6) is 0 Å². The highest BCUT2D eigenvalue weighted by atomic mass is 35.5. The van der Waals surface area contributed by atoms with Crippen LogP contribution in [0, 0.1) is 18.7 Å². The van der Waals surface area contributed by atoms with Gasteiger partial charge in [-0.15, -0.1) is 11.6 Å². The first-order chi connectivity index (χ1) is 9.06. The molecule has 2 rings (SSSR count). The molecular formula is C15H19ClFNO. The van der Waals surface area contributed by atoms with Gasteiger partial charge in [0.1, 0.15) is 5.82 Å². The molecule has 1 saturated carbocycles. The molecule has 1 N–H and O–H groups in total. The van der Waals surface area contributed by atoms with E-state index >= 15 is 0 Å². The molecule has 0 radical (unpaired) electrons. The first-order valence-corrected chi connectivity index (χ1v) is 7.18. The molecule has 1 aromatic rings. The summed E-state index contributed by atoms with van der Waals surface area (Å²) in [6, 6.07) is 4.43. The van der Waals surface area contributed by atoms with Crippen LogP contribution >= 0.6 is 11.6 Å². The Hall–Kier alpha value is -1.09. The zero-order chi connectivity index (χ0) is 13.8. The maximum Gasteiger partial charge on any atom is 0.251 e. The lowest BCUT2D eigenvalue weighted by molar-refractivity contribution is 0.0943. The topological polar surface area (TPSA) is 29.1 Å². The van der Waals surface area contributed by atoms with E-state index in [-0.39, 0.29) is 17.1 Å². The van der Waals surface area contributed by atoms with E-state index in [0.29, 0.717) is 23.6 Å². The number of carbonyl (C=O) groups excluding carboxylic acids is 1. The predicted octanol–water partition coefficient (Wildman–Crippen LogP) is 3.66. The van der Waals surface area contributed by atoms with E-state index in [1.807, 2.05) is 0 Å². The first-order valence-electron chi connectivity index (χ1n) is 6.74. The molecule has 0 spiro atoms. The summed E-state index contributed by atoms with van der Waals surface area (Å²) >= 11 is 6.13. The normalized spacial score (nSPS) is 23.1. The number of nitrogens with one attached hydrogen (secondary N) is 1. The average Bonchev–Trinajstić information content (AvgIpc) is 2.39. The summed E-state index contributed by atoms with van der Waals surface area (Å²) in [5.74, 6) is 0.0374. The molecule has 2 atom stereocenters. The molecule has 1 aromatic carbocycles. The van der Waals surface area contributed by atoms with E-state index in [2.05, 4.69) is 5.32 Å². The van der Waals surface area contributed by atoms with Crippen LogP contribution in [0.25, 0.3) is 0 Å². The smallest absolute Gasteiger partial charge is 0.251 e. The molecule has 1 aliphatic rings. The van der Waals surface area contributed by atoms with Crippen molar-refractivity contribution in [1.82, 2.24) is 5.32 Å². The number of halogens is 2. The Morgan fingerprint density at radius 2 is 2.26 bits per heavy atom. The fourth-order valence-corrected chi connectivity index (χ4v) is 2.94. The number of aryl methyl sites for hydroxylation is 1. The molecule has 1 fully saturated rings. The Balaban J connectivity index is 1.88. The summed E-state index contributed by atoms with van der Waals surface area (Å²) in [5, 5.41) is 3.16. The number of alkyl halides is 1. The molecule has 4 heteroatoms. The highest BCUT2D eigenvalue weighted by molar-refractivity contribution is 6.20. The lowest BCUT2D eigenvalue weighted by atomic mass is 9.89. The second-order valence-electron chi connectivity index (χ2n) is 5.30. The van der Waals surface area contributed by atoms with Gasteiger partial charge in [-0.2, -0.15) is 0 Å². The van der Waals surface area contributed by atoms with Gasteiger partial charge in [-0.05, 0) is 55.9 Å². The van der Waals surface area contributed by atoms with Crippen molar-refractivity contribution in [2.75, 3.05) is 6.54 Å². The Morgan fingerprint density at radius 1 is 1.47 bits per heavy atom. The predicted molar refractivity (Wildman–Crippen MR) is 75.1 cm³/mol. The van der Waals surface area contributed by atoms with Crippen LogP contribution < -0.4 is 5.32 Å². The summed E-state index contributed by atoms with van der Waals surface area (Å²) in [6.45, 7) is 2.31. The van der Waals surface area contributed by atoms with Crippen LogP contribution in [0.2, 0.25) is 0 Å². The van der Waals surface area contributed by atoms with Crippen LogP contribution in [0.1, 0.15) is 41.6 Å². The largest absolute Gasteiger partial charge is 0.352 e. The number of amides is 1. The average molecular weight is 284 g/mol. The zero-order valence-corrected chi connectivity index (χ0v) is 11.8. The van der Waals surface area contributed by atoms with Gasteiger partial charge in [0.2, 0.25) is 0 Å². The Morgan fingerprint density at radius 3 is 2.95 bits per heavy atom. The SMILES string of the molecule is Cc1cc(C(=O)NCC2CCCC(Cl)C2)ccc1F. The van der Waals surface area contributed by atoms with Crippen LogP contribution in [0.4, 0.5) is 4.39 Å². The monoisotopic (exact) mass is 283 g/mol. The van der Waals surface area contributed by atoms with Crippen LogP contribution in [-0.2, 0) is 0 Å².